The second-order valence-electron chi connectivity index (χ2n) is 13.9. The van der Waals surface area contributed by atoms with Crippen molar-refractivity contribution >= 4 is 32.4 Å². The monoisotopic (exact) mass is 742 g/mol. The molecule has 1 radical (unpaired) electrons. The molecule has 1 aliphatic rings. The van der Waals surface area contributed by atoms with Gasteiger partial charge >= 0.3 is 0 Å². The van der Waals surface area contributed by atoms with Gasteiger partial charge < -0.3 is 15.0 Å². The van der Waals surface area contributed by atoms with Crippen LogP contribution in [0.1, 0.15) is 78.1 Å². The quantitative estimate of drug-likeness (QED) is 0.124. The van der Waals surface area contributed by atoms with Gasteiger partial charge in [0.15, 0.2) is 0 Å². The molecule has 221 valence electrons. The van der Waals surface area contributed by atoms with Crippen LogP contribution in [0.25, 0.3) is 43.7 Å². The molecule has 0 unspecified atom stereocenters. The van der Waals surface area contributed by atoms with Crippen LogP contribution in [0.2, 0.25) is 0 Å². The van der Waals surface area contributed by atoms with Crippen LogP contribution in [-0.4, -0.2) is 15.0 Å². The molecule has 43 heavy (non-hydrogen) atoms. The Bertz CT molecular complexity index is 1860. The summed E-state index contributed by atoms with van der Waals surface area (Å²) in [6, 6.07) is 29.8. The Labute approximate surface area is 269 Å². The van der Waals surface area contributed by atoms with Crippen LogP contribution in [-0.2, 0) is 36.4 Å². The number of hydrogen-bond acceptors (Lipinski definition) is 3. The summed E-state index contributed by atoms with van der Waals surface area (Å²) in [5.41, 5.74) is 7.40. The Morgan fingerprint density at radius 1 is 0.721 bits per heavy atom. The smallest absolute Gasteiger partial charge is 0.0167 e. The largest absolute Gasteiger partial charge is 0.356 e. The predicted molar refractivity (Wildman–Crippen MR) is 176 cm³/mol. The molecule has 0 atom stereocenters. The maximum atomic E-state index is 4.73. The molecule has 1 aliphatic carbocycles. The van der Waals surface area contributed by atoms with Gasteiger partial charge in [0, 0.05) is 32.5 Å². The standard InChI is InChI=1S/C26H31N2.C13H8N.Ir/c1-24(2,3)22-9-8-18(16-28-22)23-19-15-21-20(14-17(19)10-13-27-23)25(4,5)11-12-26(21,6)7;1-2-6-12-10(4-1)7-8-11-5-3-9-14-13(11)12;/h9-10,13-16H,11-12H2,1-7H3;1-5,7-9H;/q2*-1;. The summed E-state index contributed by atoms with van der Waals surface area (Å²) in [5, 5.41) is 5.92. The van der Waals surface area contributed by atoms with E-state index in [1.807, 2.05) is 42.9 Å². The van der Waals surface area contributed by atoms with E-state index in [4.69, 9.17) is 9.97 Å². The van der Waals surface area contributed by atoms with E-state index in [0.29, 0.717) is 0 Å². The molecule has 6 aromatic rings. The fraction of sp³-hybridized carbons (Fsp3) is 0.308. The second kappa shape index (κ2) is 11.6. The van der Waals surface area contributed by atoms with Crippen molar-refractivity contribution in [3.63, 3.8) is 0 Å². The zero-order valence-electron chi connectivity index (χ0n) is 26.2. The molecule has 4 heteroatoms. The van der Waals surface area contributed by atoms with Gasteiger partial charge in [-0.05, 0) is 85.4 Å². The number of aromatic nitrogens is 3. The van der Waals surface area contributed by atoms with Crippen molar-refractivity contribution < 1.29 is 20.1 Å². The predicted octanol–water partition coefficient (Wildman–Crippen LogP) is 9.93. The van der Waals surface area contributed by atoms with Gasteiger partial charge in [-0.3, -0.25) is 0 Å². The summed E-state index contributed by atoms with van der Waals surface area (Å²) in [6.07, 6.45) is 8.10. The number of fused-ring (bicyclic) bond motifs is 5. The summed E-state index contributed by atoms with van der Waals surface area (Å²) in [7, 11) is 0. The van der Waals surface area contributed by atoms with Gasteiger partial charge in [-0.25, -0.2) is 0 Å². The summed E-state index contributed by atoms with van der Waals surface area (Å²) in [5.74, 6) is 0. The van der Waals surface area contributed by atoms with Crippen LogP contribution in [0.4, 0.5) is 0 Å². The van der Waals surface area contributed by atoms with Gasteiger partial charge in [0.05, 0.1) is 0 Å². The normalized spacial score (nSPS) is 15.3. The first-order valence-electron chi connectivity index (χ1n) is 14.9. The minimum absolute atomic E-state index is 0. The number of nitrogens with zero attached hydrogens (tertiary/aromatic N) is 3. The third-order valence-electron chi connectivity index (χ3n) is 8.86. The summed E-state index contributed by atoms with van der Waals surface area (Å²) >= 11 is 0. The Hall–Kier alpha value is -3.46. The third-order valence-corrected chi connectivity index (χ3v) is 8.86. The Morgan fingerprint density at radius 2 is 1.42 bits per heavy atom. The molecule has 0 spiro atoms. The van der Waals surface area contributed by atoms with Crippen LogP contribution >= 0.6 is 0 Å². The third kappa shape index (κ3) is 6.01. The van der Waals surface area contributed by atoms with Crippen molar-refractivity contribution in [1.29, 1.82) is 0 Å². The van der Waals surface area contributed by atoms with E-state index in [2.05, 4.69) is 108 Å². The summed E-state index contributed by atoms with van der Waals surface area (Å²) in [4.78, 5) is 13.8. The molecule has 3 aromatic heterocycles. The molecule has 0 aliphatic heterocycles. The number of rotatable bonds is 1. The van der Waals surface area contributed by atoms with Crippen molar-refractivity contribution in [2.75, 3.05) is 0 Å². The van der Waals surface area contributed by atoms with Crippen LogP contribution in [0.3, 0.4) is 0 Å². The minimum atomic E-state index is 0. The van der Waals surface area contributed by atoms with Gasteiger partial charge in [-0.15, -0.1) is 52.7 Å². The zero-order valence-corrected chi connectivity index (χ0v) is 28.6. The van der Waals surface area contributed by atoms with E-state index in [-0.39, 0.29) is 36.4 Å². The average molecular weight is 742 g/mol. The van der Waals surface area contributed by atoms with E-state index in [1.165, 1.54) is 45.5 Å². The molecule has 3 aromatic carbocycles. The van der Waals surface area contributed by atoms with Crippen LogP contribution in [0, 0.1) is 12.1 Å². The van der Waals surface area contributed by atoms with Gasteiger partial charge in [0.2, 0.25) is 0 Å². The van der Waals surface area contributed by atoms with Crippen molar-refractivity contribution in [3.05, 3.63) is 114 Å². The second-order valence-corrected chi connectivity index (χ2v) is 13.9. The molecule has 0 N–H and O–H groups in total. The van der Waals surface area contributed by atoms with E-state index in [9.17, 15) is 0 Å². The van der Waals surface area contributed by atoms with Gasteiger partial charge in [-0.1, -0.05) is 85.0 Å². The molecule has 7 rings (SSSR count). The molecule has 0 bridgehead atoms. The van der Waals surface area contributed by atoms with Crippen molar-refractivity contribution in [3.8, 4) is 11.3 Å². The van der Waals surface area contributed by atoms with Gasteiger partial charge in [0.25, 0.3) is 0 Å². The van der Waals surface area contributed by atoms with E-state index >= 15 is 0 Å². The van der Waals surface area contributed by atoms with Crippen molar-refractivity contribution in [1.82, 2.24) is 15.0 Å². The SMILES string of the molecule is CC(C)(C)c1c[c-]c(-c2nccc3cc4c(cc23)C(C)(C)CCC4(C)C)cn1.[Ir].[c-]1cccc2ccc3cccnc3c12. The first-order valence-corrected chi connectivity index (χ1v) is 14.9. The number of benzene rings is 3. The van der Waals surface area contributed by atoms with E-state index < -0.39 is 0 Å². The molecular formula is C39H39IrN3-2. The fourth-order valence-electron chi connectivity index (χ4n) is 6.08. The molecule has 3 heterocycles. The fourth-order valence-corrected chi connectivity index (χ4v) is 6.08. The van der Waals surface area contributed by atoms with Crippen molar-refractivity contribution in [2.24, 2.45) is 0 Å². The minimum Gasteiger partial charge on any atom is -0.356 e. The maximum Gasteiger partial charge on any atom is 0.0167 e. The number of hydrogen-bond donors (Lipinski definition) is 0. The Morgan fingerprint density at radius 3 is 2.12 bits per heavy atom. The molecule has 0 fully saturated rings. The Kier molecular flexibility index (Phi) is 8.33. The first kappa shape index (κ1) is 31.0. The average Bonchev–Trinajstić information content (AvgIpc) is 2.98. The molecule has 3 nitrogen and oxygen atoms in total. The maximum absolute atomic E-state index is 4.73. The van der Waals surface area contributed by atoms with E-state index in [0.717, 1.165) is 27.9 Å². The number of pyridine rings is 3. The first-order chi connectivity index (χ1) is 19.9. The van der Waals surface area contributed by atoms with Crippen molar-refractivity contribution in [2.45, 2.75) is 77.6 Å². The zero-order chi connectivity index (χ0) is 29.7. The molecule has 0 saturated carbocycles. The Balaban J connectivity index is 0.000000205. The topological polar surface area (TPSA) is 38.7 Å². The molecule has 0 amide bonds. The van der Waals surface area contributed by atoms with Crippen LogP contribution in [0.5, 0.6) is 0 Å². The summed E-state index contributed by atoms with van der Waals surface area (Å²) in [6.45, 7) is 16.0. The van der Waals surface area contributed by atoms with Crippen LogP contribution < -0.4 is 0 Å². The van der Waals surface area contributed by atoms with Crippen LogP contribution in [0.15, 0.2) is 85.3 Å². The van der Waals surface area contributed by atoms with Gasteiger partial charge in [0.1, 0.15) is 0 Å². The van der Waals surface area contributed by atoms with Gasteiger partial charge in [-0.2, -0.15) is 0 Å². The molecule has 0 saturated heterocycles. The summed E-state index contributed by atoms with van der Waals surface area (Å²) < 4.78 is 0. The molecular weight excluding hydrogens is 703 g/mol. The van der Waals surface area contributed by atoms with E-state index in [1.54, 1.807) is 0 Å².